The van der Waals surface area contributed by atoms with E-state index >= 15 is 0 Å². The molecule has 39 heavy (non-hydrogen) atoms. The zero-order valence-electron chi connectivity index (χ0n) is 20.4. The second-order valence-corrected chi connectivity index (χ2v) is 9.92. The monoisotopic (exact) mass is 576 g/mol. The maximum absolute atomic E-state index is 13.2. The van der Waals surface area contributed by atoms with Crippen LogP contribution in [0.25, 0.3) is 6.08 Å². The number of hydrogen-bond acceptors (Lipinski definition) is 5. The molecule has 0 saturated carbocycles. The lowest BCUT2D eigenvalue weighted by Gasteiger charge is -2.12. The number of rotatable bonds is 9. The van der Waals surface area contributed by atoms with E-state index in [2.05, 4.69) is 20.9 Å². The Kier molecular flexibility index (Phi) is 9.74. The predicted molar refractivity (Wildman–Crippen MR) is 157 cm³/mol. The van der Waals surface area contributed by atoms with Crippen LogP contribution in [0.15, 0.2) is 108 Å². The van der Waals surface area contributed by atoms with E-state index in [9.17, 15) is 14.4 Å². The highest BCUT2D eigenvalue weighted by atomic mass is 35.5. The molecule has 1 aromatic heterocycles. The van der Waals surface area contributed by atoms with Crippen molar-refractivity contribution in [2.45, 2.75) is 4.90 Å². The van der Waals surface area contributed by atoms with E-state index in [0.29, 0.717) is 27.5 Å². The number of halogens is 2. The largest absolute Gasteiger partial charge is 0.324 e. The number of carbonyl (C=O) groups is 3. The molecule has 7 nitrogen and oxygen atoms in total. The van der Waals surface area contributed by atoms with Gasteiger partial charge in [0, 0.05) is 28.5 Å². The van der Waals surface area contributed by atoms with E-state index in [-0.39, 0.29) is 22.4 Å². The molecule has 0 fully saturated rings. The molecule has 0 spiro atoms. The van der Waals surface area contributed by atoms with Crippen molar-refractivity contribution >= 4 is 70.1 Å². The van der Waals surface area contributed by atoms with Crippen molar-refractivity contribution in [1.29, 1.82) is 0 Å². The SMILES string of the molecule is O=C(CSc1cccc(NC(=O)/C(=C/c2cccnc2)NC(=O)c2ccccc2)c1)Nc1cccc(Cl)c1Cl. The van der Waals surface area contributed by atoms with Gasteiger partial charge in [0.25, 0.3) is 11.8 Å². The van der Waals surface area contributed by atoms with Crippen molar-refractivity contribution in [2.75, 3.05) is 16.4 Å². The van der Waals surface area contributed by atoms with Gasteiger partial charge >= 0.3 is 0 Å². The molecule has 10 heteroatoms. The van der Waals surface area contributed by atoms with Gasteiger partial charge < -0.3 is 16.0 Å². The van der Waals surface area contributed by atoms with Gasteiger partial charge in [0.15, 0.2) is 0 Å². The molecule has 0 saturated heterocycles. The van der Waals surface area contributed by atoms with E-state index in [1.165, 1.54) is 11.8 Å². The van der Waals surface area contributed by atoms with Gasteiger partial charge in [0.2, 0.25) is 5.91 Å². The summed E-state index contributed by atoms with van der Waals surface area (Å²) < 4.78 is 0. The minimum atomic E-state index is -0.515. The molecule has 0 bridgehead atoms. The minimum Gasteiger partial charge on any atom is -0.324 e. The minimum absolute atomic E-state index is 0.0488. The number of hydrogen-bond donors (Lipinski definition) is 3. The molecule has 196 valence electrons. The summed E-state index contributed by atoms with van der Waals surface area (Å²) in [4.78, 5) is 43.2. The third kappa shape index (κ3) is 8.19. The summed E-state index contributed by atoms with van der Waals surface area (Å²) in [5.41, 5.74) is 2.03. The molecule has 3 N–H and O–H groups in total. The lowest BCUT2D eigenvalue weighted by molar-refractivity contribution is -0.114. The van der Waals surface area contributed by atoms with Gasteiger partial charge in [-0.1, -0.05) is 59.6 Å². The van der Waals surface area contributed by atoms with Crippen molar-refractivity contribution in [3.63, 3.8) is 0 Å². The molecule has 3 aromatic carbocycles. The van der Waals surface area contributed by atoms with Crippen LogP contribution in [0.2, 0.25) is 10.0 Å². The van der Waals surface area contributed by atoms with E-state index < -0.39 is 11.8 Å². The Morgan fingerprint density at radius 3 is 2.44 bits per heavy atom. The average Bonchev–Trinajstić information content (AvgIpc) is 2.95. The van der Waals surface area contributed by atoms with Gasteiger partial charge in [0.1, 0.15) is 5.70 Å². The number of aromatic nitrogens is 1. The van der Waals surface area contributed by atoms with Crippen LogP contribution >= 0.6 is 35.0 Å². The summed E-state index contributed by atoms with van der Waals surface area (Å²) in [5.74, 6) is -1.09. The van der Waals surface area contributed by atoms with Crippen LogP contribution in [-0.2, 0) is 9.59 Å². The Balaban J connectivity index is 1.43. The molecule has 0 atom stereocenters. The quantitative estimate of drug-likeness (QED) is 0.155. The molecule has 3 amide bonds. The Labute approximate surface area is 239 Å². The van der Waals surface area contributed by atoms with Gasteiger partial charge in [-0.2, -0.15) is 0 Å². The van der Waals surface area contributed by atoms with Crippen LogP contribution in [-0.4, -0.2) is 28.5 Å². The van der Waals surface area contributed by atoms with Crippen molar-refractivity contribution in [1.82, 2.24) is 10.3 Å². The molecule has 0 aliphatic rings. The highest BCUT2D eigenvalue weighted by molar-refractivity contribution is 8.00. The molecular formula is C29H22Cl2N4O3S. The molecule has 4 aromatic rings. The summed E-state index contributed by atoms with van der Waals surface area (Å²) in [6, 6.07) is 24.2. The molecular weight excluding hydrogens is 555 g/mol. The van der Waals surface area contributed by atoms with Crippen LogP contribution in [0.4, 0.5) is 11.4 Å². The molecule has 1 heterocycles. The third-order valence-electron chi connectivity index (χ3n) is 5.21. The highest BCUT2D eigenvalue weighted by Gasteiger charge is 2.16. The summed E-state index contributed by atoms with van der Waals surface area (Å²) in [7, 11) is 0. The maximum Gasteiger partial charge on any atom is 0.272 e. The van der Waals surface area contributed by atoms with Crippen molar-refractivity contribution in [3.8, 4) is 0 Å². The molecule has 4 rings (SSSR count). The summed E-state index contributed by atoms with van der Waals surface area (Å²) in [6.45, 7) is 0. The first-order chi connectivity index (χ1) is 18.9. The fourth-order valence-electron chi connectivity index (χ4n) is 3.37. The Morgan fingerprint density at radius 2 is 1.67 bits per heavy atom. The van der Waals surface area contributed by atoms with Crippen LogP contribution in [0, 0.1) is 0 Å². The summed E-state index contributed by atoms with van der Waals surface area (Å²) in [6.07, 6.45) is 4.75. The summed E-state index contributed by atoms with van der Waals surface area (Å²) >= 11 is 13.4. The molecule has 0 unspecified atom stereocenters. The Bertz CT molecular complexity index is 1520. The topological polar surface area (TPSA) is 100 Å². The first-order valence-electron chi connectivity index (χ1n) is 11.7. The highest BCUT2D eigenvalue weighted by Crippen LogP contribution is 2.30. The van der Waals surface area contributed by atoms with E-state index in [1.807, 2.05) is 6.07 Å². The number of carbonyl (C=O) groups excluding carboxylic acids is 3. The smallest absolute Gasteiger partial charge is 0.272 e. The second-order valence-electron chi connectivity index (χ2n) is 8.08. The van der Waals surface area contributed by atoms with Gasteiger partial charge in [0.05, 0.1) is 21.5 Å². The first-order valence-corrected chi connectivity index (χ1v) is 13.4. The van der Waals surface area contributed by atoms with Gasteiger partial charge in [-0.05, 0) is 60.2 Å². The van der Waals surface area contributed by atoms with Gasteiger partial charge in [-0.15, -0.1) is 11.8 Å². The number of benzene rings is 3. The van der Waals surface area contributed by atoms with E-state index in [1.54, 1.807) is 97.3 Å². The van der Waals surface area contributed by atoms with E-state index in [4.69, 9.17) is 23.2 Å². The lowest BCUT2D eigenvalue weighted by Crippen LogP contribution is -2.30. The zero-order chi connectivity index (χ0) is 27.6. The zero-order valence-corrected chi connectivity index (χ0v) is 22.7. The number of pyridine rings is 1. The van der Waals surface area contributed by atoms with Crippen LogP contribution in [0.5, 0.6) is 0 Å². The molecule has 0 aliphatic carbocycles. The lowest BCUT2D eigenvalue weighted by atomic mass is 10.2. The molecule has 0 aliphatic heterocycles. The normalized spacial score (nSPS) is 11.0. The molecule has 0 radical (unpaired) electrons. The third-order valence-corrected chi connectivity index (χ3v) is 7.02. The number of thioether (sulfide) groups is 1. The van der Waals surface area contributed by atoms with Gasteiger partial charge in [-0.25, -0.2) is 0 Å². The fourth-order valence-corrected chi connectivity index (χ4v) is 4.47. The van der Waals surface area contributed by atoms with Crippen molar-refractivity contribution in [2.24, 2.45) is 0 Å². The Hall–Kier alpha value is -4.11. The van der Waals surface area contributed by atoms with Crippen molar-refractivity contribution < 1.29 is 14.4 Å². The maximum atomic E-state index is 13.2. The Morgan fingerprint density at radius 1 is 0.872 bits per heavy atom. The standard InChI is InChI=1S/C29H22Cl2N4O3S/c30-23-12-5-13-24(27(23)31)34-26(36)18-39-22-11-4-10-21(16-22)33-29(38)25(15-19-7-6-14-32-17-19)35-28(37)20-8-2-1-3-9-20/h1-17H,18H2,(H,33,38)(H,34,36)(H,35,37)/b25-15-. The van der Waals surface area contributed by atoms with Gasteiger partial charge in [-0.3, -0.25) is 19.4 Å². The van der Waals surface area contributed by atoms with Crippen LogP contribution < -0.4 is 16.0 Å². The number of nitrogens with one attached hydrogen (secondary N) is 3. The van der Waals surface area contributed by atoms with Crippen LogP contribution in [0.1, 0.15) is 15.9 Å². The van der Waals surface area contributed by atoms with Crippen molar-refractivity contribution in [3.05, 3.63) is 124 Å². The predicted octanol–water partition coefficient (Wildman–Crippen LogP) is 6.53. The summed E-state index contributed by atoms with van der Waals surface area (Å²) in [5, 5.41) is 8.87. The number of anilines is 2. The average molecular weight is 577 g/mol. The van der Waals surface area contributed by atoms with Crippen LogP contribution in [0.3, 0.4) is 0 Å². The number of nitrogens with zero attached hydrogens (tertiary/aromatic N) is 1. The second kappa shape index (κ2) is 13.6. The number of amides is 3. The van der Waals surface area contributed by atoms with E-state index in [0.717, 1.165) is 4.90 Å². The first kappa shape index (κ1) is 27.9. The fraction of sp³-hybridized carbons (Fsp3) is 0.0345.